The molecule has 0 amide bonds. The lowest BCUT2D eigenvalue weighted by Crippen LogP contribution is -1.91. The van der Waals surface area contributed by atoms with Crippen LogP contribution in [0.4, 0.5) is 0 Å². The topological polar surface area (TPSA) is 0 Å². The lowest BCUT2D eigenvalue weighted by molar-refractivity contribution is 0.864. The molecule has 1 aromatic rings. The Morgan fingerprint density at radius 1 is 1.43 bits per heavy atom. The summed E-state index contributed by atoms with van der Waals surface area (Å²) in [5, 5.41) is 0.890. The summed E-state index contributed by atoms with van der Waals surface area (Å²) in [6.45, 7) is 8.03. The van der Waals surface area contributed by atoms with Crippen molar-refractivity contribution in [2.45, 2.75) is 32.6 Å². The van der Waals surface area contributed by atoms with Crippen molar-refractivity contribution in [2.24, 2.45) is 0 Å². The highest BCUT2D eigenvalue weighted by Gasteiger charge is 2.04. The first-order valence-corrected chi connectivity index (χ1v) is 5.42. The average molecular weight is 209 g/mol. The zero-order chi connectivity index (χ0) is 10.6. The van der Waals surface area contributed by atoms with Gasteiger partial charge >= 0.3 is 0 Å². The van der Waals surface area contributed by atoms with Crippen LogP contribution in [-0.2, 0) is 6.42 Å². The highest BCUT2D eigenvalue weighted by Crippen LogP contribution is 2.25. The molecule has 1 aromatic carbocycles. The minimum Gasteiger partial charge on any atom is -0.103 e. The maximum Gasteiger partial charge on any atom is 0.0443 e. The molecule has 1 heteroatoms. The van der Waals surface area contributed by atoms with Gasteiger partial charge in [-0.1, -0.05) is 43.7 Å². The van der Waals surface area contributed by atoms with Crippen molar-refractivity contribution >= 4 is 11.6 Å². The fraction of sp³-hybridized carbons (Fsp3) is 0.385. The van der Waals surface area contributed by atoms with Crippen molar-refractivity contribution in [2.75, 3.05) is 0 Å². The van der Waals surface area contributed by atoms with Crippen LogP contribution in [0.1, 0.15) is 37.3 Å². The molecule has 0 heterocycles. The fourth-order valence-corrected chi connectivity index (χ4v) is 1.88. The molecule has 0 aromatic heterocycles. The lowest BCUT2D eigenvalue weighted by Gasteiger charge is -2.09. The Balaban J connectivity index is 2.83. The maximum absolute atomic E-state index is 6.18. The van der Waals surface area contributed by atoms with Crippen molar-refractivity contribution < 1.29 is 0 Å². The molecule has 0 unspecified atom stereocenters. The van der Waals surface area contributed by atoms with Crippen LogP contribution in [0.15, 0.2) is 30.9 Å². The largest absolute Gasteiger partial charge is 0.103 e. The van der Waals surface area contributed by atoms with Gasteiger partial charge in [0.25, 0.3) is 0 Å². The van der Waals surface area contributed by atoms with Crippen LogP contribution in [0.5, 0.6) is 0 Å². The molecule has 0 fully saturated rings. The van der Waals surface area contributed by atoms with E-state index in [9.17, 15) is 0 Å². The third-order valence-corrected chi connectivity index (χ3v) is 2.65. The van der Waals surface area contributed by atoms with E-state index in [2.05, 4.69) is 38.6 Å². The molecule has 0 aliphatic rings. The van der Waals surface area contributed by atoms with Gasteiger partial charge in [-0.3, -0.25) is 0 Å². The Hall–Kier alpha value is -0.750. The Bertz CT molecular complexity index is 313. The van der Waals surface area contributed by atoms with Gasteiger partial charge in [-0.25, -0.2) is 0 Å². The first-order valence-electron chi connectivity index (χ1n) is 5.04. The zero-order valence-corrected chi connectivity index (χ0v) is 9.64. The second kappa shape index (κ2) is 5.21. The second-order valence-corrected chi connectivity index (χ2v) is 4.25. The molecule has 0 saturated heterocycles. The Morgan fingerprint density at radius 2 is 2.14 bits per heavy atom. The first kappa shape index (κ1) is 11.3. The van der Waals surface area contributed by atoms with Crippen LogP contribution in [-0.4, -0.2) is 0 Å². The van der Waals surface area contributed by atoms with Crippen molar-refractivity contribution in [1.29, 1.82) is 0 Å². The van der Waals surface area contributed by atoms with E-state index in [1.807, 2.05) is 6.08 Å². The van der Waals surface area contributed by atoms with E-state index in [4.69, 9.17) is 11.6 Å². The number of hydrogen-bond donors (Lipinski definition) is 0. The third-order valence-electron chi connectivity index (χ3n) is 2.32. The van der Waals surface area contributed by atoms with Gasteiger partial charge < -0.3 is 0 Å². The van der Waals surface area contributed by atoms with E-state index >= 15 is 0 Å². The molecule has 0 atom stereocenters. The van der Waals surface area contributed by atoms with Crippen LogP contribution in [0, 0.1) is 0 Å². The predicted octanol–water partition coefficient (Wildman–Crippen LogP) is 4.58. The molecule has 0 saturated carbocycles. The summed E-state index contributed by atoms with van der Waals surface area (Å²) in [7, 11) is 0. The van der Waals surface area contributed by atoms with Crippen LogP contribution < -0.4 is 0 Å². The van der Waals surface area contributed by atoms with E-state index in [-0.39, 0.29) is 0 Å². The summed E-state index contributed by atoms with van der Waals surface area (Å²) in [4.78, 5) is 0. The predicted molar refractivity (Wildman–Crippen MR) is 64.1 cm³/mol. The van der Waals surface area contributed by atoms with E-state index in [1.54, 1.807) is 0 Å². The normalized spacial score (nSPS) is 10.6. The Morgan fingerprint density at radius 3 is 2.64 bits per heavy atom. The molecule has 0 spiro atoms. The molecule has 76 valence electrons. The van der Waals surface area contributed by atoms with E-state index in [1.165, 1.54) is 11.1 Å². The van der Waals surface area contributed by atoms with Gasteiger partial charge in [0, 0.05) is 5.02 Å². The quantitative estimate of drug-likeness (QED) is 0.636. The molecule has 0 bridgehead atoms. The molecule has 0 N–H and O–H groups in total. The number of allylic oxidation sites excluding steroid dienone is 1. The molecular formula is C13H17Cl. The maximum atomic E-state index is 6.18. The summed E-state index contributed by atoms with van der Waals surface area (Å²) in [5.41, 5.74) is 2.52. The number of hydrogen-bond acceptors (Lipinski definition) is 0. The van der Waals surface area contributed by atoms with Gasteiger partial charge in [-0.2, -0.15) is 0 Å². The van der Waals surface area contributed by atoms with E-state index in [0.717, 1.165) is 17.9 Å². The number of halogens is 1. The summed E-state index contributed by atoms with van der Waals surface area (Å²) in [5.74, 6) is 0.496. The standard InChI is InChI=1S/C13H17Cl/c1-4-5-6-11-7-8-12(10(2)3)13(14)9-11/h4,7-10H,1,5-6H2,2-3H3. The molecule has 0 aliphatic heterocycles. The van der Waals surface area contributed by atoms with Gasteiger partial charge in [0.1, 0.15) is 0 Å². The number of aryl methyl sites for hydroxylation is 1. The highest BCUT2D eigenvalue weighted by molar-refractivity contribution is 6.31. The SMILES string of the molecule is C=CCCc1ccc(C(C)C)c(Cl)c1. The van der Waals surface area contributed by atoms with Gasteiger partial charge in [0.05, 0.1) is 0 Å². The Kier molecular flexibility index (Phi) is 4.21. The zero-order valence-electron chi connectivity index (χ0n) is 8.89. The van der Waals surface area contributed by atoms with Crippen molar-refractivity contribution in [3.8, 4) is 0 Å². The van der Waals surface area contributed by atoms with Crippen LogP contribution in [0.2, 0.25) is 5.02 Å². The van der Waals surface area contributed by atoms with Crippen LogP contribution in [0.25, 0.3) is 0 Å². The minimum absolute atomic E-state index is 0.496. The van der Waals surface area contributed by atoms with Crippen molar-refractivity contribution in [3.05, 3.63) is 47.0 Å². The summed E-state index contributed by atoms with van der Waals surface area (Å²) in [6, 6.07) is 6.36. The molecule has 1 rings (SSSR count). The highest BCUT2D eigenvalue weighted by atomic mass is 35.5. The van der Waals surface area contributed by atoms with Gasteiger partial charge in [0.2, 0.25) is 0 Å². The van der Waals surface area contributed by atoms with Crippen molar-refractivity contribution in [3.63, 3.8) is 0 Å². The first-order chi connectivity index (χ1) is 6.65. The van der Waals surface area contributed by atoms with Gasteiger partial charge in [-0.05, 0) is 36.0 Å². The number of rotatable bonds is 4. The smallest absolute Gasteiger partial charge is 0.0443 e. The molecular weight excluding hydrogens is 192 g/mol. The van der Waals surface area contributed by atoms with Crippen molar-refractivity contribution in [1.82, 2.24) is 0 Å². The average Bonchev–Trinajstić information content (AvgIpc) is 2.14. The second-order valence-electron chi connectivity index (χ2n) is 3.84. The molecule has 0 radical (unpaired) electrons. The van der Waals surface area contributed by atoms with E-state index < -0.39 is 0 Å². The fourth-order valence-electron chi connectivity index (χ4n) is 1.46. The van der Waals surface area contributed by atoms with Crippen LogP contribution in [0.3, 0.4) is 0 Å². The summed E-state index contributed by atoms with van der Waals surface area (Å²) < 4.78 is 0. The molecule has 14 heavy (non-hydrogen) atoms. The monoisotopic (exact) mass is 208 g/mol. The minimum atomic E-state index is 0.496. The molecule has 0 aliphatic carbocycles. The van der Waals surface area contributed by atoms with E-state index in [0.29, 0.717) is 5.92 Å². The Labute approximate surface area is 91.6 Å². The number of benzene rings is 1. The van der Waals surface area contributed by atoms with Crippen LogP contribution >= 0.6 is 11.6 Å². The van der Waals surface area contributed by atoms with Gasteiger partial charge in [-0.15, -0.1) is 6.58 Å². The lowest BCUT2D eigenvalue weighted by atomic mass is 10.00. The summed E-state index contributed by atoms with van der Waals surface area (Å²) >= 11 is 6.18. The third kappa shape index (κ3) is 2.88. The molecule has 0 nitrogen and oxygen atoms in total. The summed E-state index contributed by atoms with van der Waals surface area (Å²) in [6.07, 6.45) is 3.98. The van der Waals surface area contributed by atoms with Gasteiger partial charge in [0.15, 0.2) is 0 Å².